The van der Waals surface area contributed by atoms with E-state index in [1.807, 2.05) is 31.2 Å². The van der Waals surface area contributed by atoms with Gasteiger partial charge in [-0.2, -0.15) is 4.39 Å². The normalized spacial score (nSPS) is 10.2. The molecule has 19 heavy (non-hydrogen) atoms. The SMILES string of the molecule is CCC(=O)NCc1ccc(-c2cccnc2F)cc1. The average Bonchev–Trinajstić information content (AvgIpc) is 2.46. The van der Waals surface area contributed by atoms with Crippen molar-refractivity contribution in [3.05, 3.63) is 54.1 Å². The molecule has 2 aromatic rings. The predicted octanol–water partition coefficient (Wildman–Crippen LogP) is 2.91. The molecule has 0 saturated carbocycles. The van der Waals surface area contributed by atoms with E-state index >= 15 is 0 Å². The fraction of sp³-hybridized carbons (Fsp3) is 0.200. The highest BCUT2D eigenvalue weighted by molar-refractivity contribution is 5.75. The highest BCUT2D eigenvalue weighted by atomic mass is 19.1. The van der Waals surface area contributed by atoms with Crippen LogP contribution in [0.15, 0.2) is 42.6 Å². The van der Waals surface area contributed by atoms with E-state index in [4.69, 9.17) is 0 Å². The molecule has 0 atom stereocenters. The Morgan fingerprint density at radius 1 is 1.26 bits per heavy atom. The van der Waals surface area contributed by atoms with Gasteiger partial charge in [-0.1, -0.05) is 31.2 Å². The minimum absolute atomic E-state index is 0.0161. The van der Waals surface area contributed by atoms with Gasteiger partial charge in [-0.05, 0) is 23.3 Å². The summed E-state index contributed by atoms with van der Waals surface area (Å²) in [6.07, 6.45) is 1.90. The first kappa shape index (κ1) is 13.2. The van der Waals surface area contributed by atoms with Gasteiger partial charge in [0, 0.05) is 24.7 Å². The van der Waals surface area contributed by atoms with Crippen molar-refractivity contribution in [3.8, 4) is 11.1 Å². The largest absolute Gasteiger partial charge is 0.352 e. The van der Waals surface area contributed by atoms with E-state index in [9.17, 15) is 9.18 Å². The van der Waals surface area contributed by atoms with Gasteiger partial charge in [-0.3, -0.25) is 4.79 Å². The van der Waals surface area contributed by atoms with Gasteiger partial charge in [0.2, 0.25) is 11.9 Å². The number of rotatable bonds is 4. The number of nitrogens with one attached hydrogen (secondary N) is 1. The molecule has 0 aliphatic rings. The van der Waals surface area contributed by atoms with Gasteiger partial charge in [0.15, 0.2) is 0 Å². The van der Waals surface area contributed by atoms with Crippen molar-refractivity contribution in [1.29, 1.82) is 0 Å². The van der Waals surface area contributed by atoms with Gasteiger partial charge in [0.05, 0.1) is 0 Å². The molecular weight excluding hydrogens is 243 g/mol. The average molecular weight is 258 g/mol. The maximum atomic E-state index is 13.5. The zero-order valence-electron chi connectivity index (χ0n) is 10.7. The lowest BCUT2D eigenvalue weighted by Crippen LogP contribution is -2.21. The lowest BCUT2D eigenvalue weighted by atomic mass is 10.1. The van der Waals surface area contributed by atoms with E-state index in [-0.39, 0.29) is 5.91 Å². The maximum Gasteiger partial charge on any atom is 0.220 e. The first-order valence-electron chi connectivity index (χ1n) is 6.17. The van der Waals surface area contributed by atoms with Crippen LogP contribution in [0, 0.1) is 5.95 Å². The lowest BCUT2D eigenvalue weighted by molar-refractivity contribution is -0.120. The van der Waals surface area contributed by atoms with Crippen LogP contribution in [0.4, 0.5) is 4.39 Å². The summed E-state index contributed by atoms with van der Waals surface area (Å²) < 4.78 is 13.5. The Balaban J connectivity index is 2.11. The number of nitrogens with zero attached hydrogens (tertiary/aromatic N) is 1. The Morgan fingerprint density at radius 3 is 2.63 bits per heavy atom. The summed E-state index contributed by atoms with van der Waals surface area (Å²) in [5.74, 6) is -0.461. The van der Waals surface area contributed by atoms with E-state index < -0.39 is 5.95 Å². The molecule has 0 fully saturated rings. The zero-order chi connectivity index (χ0) is 13.7. The van der Waals surface area contributed by atoms with Crippen LogP contribution in [0.2, 0.25) is 0 Å². The number of pyridine rings is 1. The van der Waals surface area contributed by atoms with Crippen LogP contribution in [-0.2, 0) is 11.3 Å². The summed E-state index contributed by atoms with van der Waals surface area (Å²) in [7, 11) is 0. The van der Waals surface area contributed by atoms with E-state index in [0.29, 0.717) is 18.5 Å². The Hall–Kier alpha value is -2.23. The lowest BCUT2D eigenvalue weighted by Gasteiger charge is -2.06. The third-order valence-electron chi connectivity index (χ3n) is 2.83. The van der Waals surface area contributed by atoms with Crippen LogP contribution in [0.25, 0.3) is 11.1 Å². The molecule has 0 aliphatic carbocycles. The summed E-state index contributed by atoms with van der Waals surface area (Å²) in [5, 5.41) is 2.79. The molecule has 0 unspecified atom stereocenters. The zero-order valence-corrected chi connectivity index (χ0v) is 10.7. The molecule has 2 rings (SSSR count). The smallest absolute Gasteiger partial charge is 0.220 e. The second-order valence-corrected chi connectivity index (χ2v) is 4.17. The molecule has 0 bridgehead atoms. The number of benzene rings is 1. The predicted molar refractivity (Wildman–Crippen MR) is 71.8 cm³/mol. The van der Waals surface area contributed by atoms with Crippen molar-refractivity contribution in [2.24, 2.45) is 0 Å². The molecule has 0 radical (unpaired) electrons. The molecule has 3 nitrogen and oxygen atoms in total. The van der Waals surface area contributed by atoms with Crippen molar-refractivity contribution in [3.63, 3.8) is 0 Å². The Kier molecular flexibility index (Phi) is 4.23. The van der Waals surface area contributed by atoms with Gasteiger partial charge < -0.3 is 5.32 Å². The maximum absolute atomic E-state index is 13.5. The second kappa shape index (κ2) is 6.09. The van der Waals surface area contributed by atoms with Crippen LogP contribution in [-0.4, -0.2) is 10.9 Å². The minimum Gasteiger partial charge on any atom is -0.352 e. The summed E-state index contributed by atoms with van der Waals surface area (Å²) in [6, 6.07) is 10.8. The Morgan fingerprint density at radius 2 is 2.00 bits per heavy atom. The van der Waals surface area contributed by atoms with Crippen molar-refractivity contribution in [2.75, 3.05) is 0 Å². The number of carbonyl (C=O) groups is 1. The van der Waals surface area contributed by atoms with Crippen LogP contribution in [0.3, 0.4) is 0 Å². The summed E-state index contributed by atoms with van der Waals surface area (Å²) in [6.45, 7) is 2.30. The van der Waals surface area contributed by atoms with E-state index in [2.05, 4.69) is 10.3 Å². The summed E-state index contributed by atoms with van der Waals surface area (Å²) >= 11 is 0. The second-order valence-electron chi connectivity index (χ2n) is 4.17. The van der Waals surface area contributed by atoms with E-state index in [1.54, 1.807) is 12.1 Å². The van der Waals surface area contributed by atoms with Crippen LogP contribution >= 0.6 is 0 Å². The third-order valence-corrected chi connectivity index (χ3v) is 2.83. The molecule has 1 aromatic carbocycles. The monoisotopic (exact) mass is 258 g/mol. The molecule has 0 aliphatic heterocycles. The molecule has 0 spiro atoms. The first-order chi connectivity index (χ1) is 9.20. The van der Waals surface area contributed by atoms with Crippen LogP contribution < -0.4 is 5.32 Å². The molecular formula is C15H15FN2O. The van der Waals surface area contributed by atoms with Crippen molar-refractivity contribution in [2.45, 2.75) is 19.9 Å². The molecule has 98 valence electrons. The third kappa shape index (κ3) is 3.37. The highest BCUT2D eigenvalue weighted by Gasteiger charge is 2.05. The van der Waals surface area contributed by atoms with Crippen LogP contribution in [0.5, 0.6) is 0 Å². The minimum atomic E-state index is -0.477. The van der Waals surface area contributed by atoms with E-state index in [1.165, 1.54) is 6.20 Å². The fourth-order valence-electron chi connectivity index (χ4n) is 1.73. The standard InChI is InChI=1S/C15H15FN2O/c1-2-14(19)18-10-11-5-7-12(8-6-11)13-4-3-9-17-15(13)16/h3-9H,2,10H2,1H3,(H,18,19). The fourth-order valence-corrected chi connectivity index (χ4v) is 1.73. The summed E-state index contributed by atoms with van der Waals surface area (Å²) in [4.78, 5) is 14.8. The number of aromatic nitrogens is 1. The van der Waals surface area contributed by atoms with Gasteiger partial charge in [0.25, 0.3) is 0 Å². The Labute approximate surface area is 111 Å². The molecule has 0 saturated heterocycles. The summed E-state index contributed by atoms with van der Waals surface area (Å²) in [5.41, 5.74) is 2.23. The molecule has 1 amide bonds. The highest BCUT2D eigenvalue weighted by Crippen LogP contribution is 2.21. The van der Waals surface area contributed by atoms with Crippen molar-refractivity contribution < 1.29 is 9.18 Å². The number of hydrogen-bond donors (Lipinski definition) is 1. The molecule has 1 N–H and O–H groups in total. The van der Waals surface area contributed by atoms with Gasteiger partial charge in [0.1, 0.15) is 0 Å². The first-order valence-corrected chi connectivity index (χ1v) is 6.17. The topological polar surface area (TPSA) is 42.0 Å². The quantitative estimate of drug-likeness (QED) is 0.857. The molecule has 4 heteroatoms. The molecule has 1 aromatic heterocycles. The number of hydrogen-bond acceptors (Lipinski definition) is 2. The number of amides is 1. The van der Waals surface area contributed by atoms with Crippen LogP contribution in [0.1, 0.15) is 18.9 Å². The number of halogens is 1. The van der Waals surface area contributed by atoms with Gasteiger partial charge in [-0.15, -0.1) is 0 Å². The van der Waals surface area contributed by atoms with Crippen molar-refractivity contribution >= 4 is 5.91 Å². The molecule has 1 heterocycles. The van der Waals surface area contributed by atoms with Gasteiger partial charge in [-0.25, -0.2) is 4.98 Å². The Bertz CT molecular complexity index is 567. The van der Waals surface area contributed by atoms with Crippen molar-refractivity contribution in [1.82, 2.24) is 10.3 Å². The van der Waals surface area contributed by atoms with Gasteiger partial charge >= 0.3 is 0 Å². The van der Waals surface area contributed by atoms with E-state index in [0.717, 1.165) is 11.1 Å². The number of carbonyl (C=O) groups excluding carboxylic acids is 1.